The minimum absolute atomic E-state index is 0.116. The van der Waals surface area contributed by atoms with Crippen LogP contribution in [0.5, 0.6) is 0 Å². The molecule has 3 rings (SSSR count). The van der Waals surface area contributed by atoms with Crippen molar-refractivity contribution in [3.63, 3.8) is 0 Å². The maximum atomic E-state index is 11.8. The highest BCUT2D eigenvalue weighted by Crippen LogP contribution is 2.55. The van der Waals surface area contributed by atoms with E-state index in [1.807, 2.05) is 6.08 Å². The molecule has 0 bridgehead atoms. The van der Waals surface area contributed by atoms with Gasteiger partial charge in [-0.15, -0.1) is 0 Å². The summed E-state index contributed by atoms with van der Waals surface area (Å²) in [6.45, 7) is 6.94. The van der Waals surface area contributed by atoms with E-state index in [4.69, 9.17) is 0 Å². The molecule has 2 nitrogen and oxygen atoms in total. The van der Waals surface area contributed by atoms with Crippen LogP contribution in [0.2, 0.25) is 12.1 Å². The van der Waals surface area contributed by atoms with Crippen LogP contribution >= 0.6 is 0 Å². The van der Waals surface area contributed by atoms with Crippen LogP contribution < -0.4 is 0 Å². The lowest BCUT2D eigenvalue weighted by Crippen LogP contribution is -2.47. The van der Waals surface area contributed by atoms with Gasteiger partial charge in [-0.1, -0.05) is 57.4 Å². The maximum Gasteiger partial charge on any atom is 0.178 e. The SMILES string of the molecule is CC1BCC(O)C2C(CCC3=CC(=O)C=CC32C)C(C)CC1. The second-order valence-corrected chi connectivity index (χ2v) is 8.22. The Kier molecular flexibility index (Phi) is 4.37. The van der Waals surface area contributed by atoms with Crippen LogP contribution in [0.25, 0.3) is 0 Å². The van der Waals surface area contributed by atoms with Crippen molar-refractivity contribution >= 4 is 13.1 Å². The molecule has 6 atom stereocenters. The van der Waals surface area contributed by atoms with E-state index in [2.05, 4.69) is 26.8 Å². The summed E-state index contributed by atoms with van der Waals surface area (Å²) < 4.78 is 0. The van der Waals surface area contributed by atoms with E-state index in [9.17, 15) is 9.90 Å². The van der Waals surface area contributed by atoms with E-state index in [-0.39, 0.29) is 23.2 Å². The summed E-state index contributed by atoms with van der Waals surface area (Å²) in [6.07, 6.45) is 11.0. The zero-order valence-corrected chi connectivity index (χ0v) is 14.2. The lowest BCUT2D eigenvalue weighted by atomic mass is 9.52. The predicted octanol–water partition coefficient (Wildman–Crippen LogP) is 3.54. The Balaban J connectivity index is 1.97. The van der Waals surface area contributed by atoms with Gasteiger partial charge < -0.3 is 5.11 Å². The molecule has 0 aromatic rings. The average Bonchev–Trinajstić information content (AvgIpc) is 2.53. The minimum atomic E-state index is -0.250. The summed E-state index contributed by atoms with van der Waals surface area (Å²) in [5, 5.41) is 11.0. The fourth-order valence-corrected chi connectivity index (χ4v) is 5.21. The standard InChI is InChI=1S/C19H29BO2/c1-12-4-5-13(2)20-11-17(22)18-16(12)7-6-14-10-15(21)8-9-19(14,18)3/h8-10,12-13,16-18,20,22H,4-7,11H2,1-3H3. The second kappa shape index (κ2) is 6.00. The molecule has 0 aromatic carbocycles. The zero-order chi connectivity index (χ0) is 15.9. The van der Waals surface area contributed by atoms with Crippen LogP contribution in [0.15, 0.2) is 23.8 Å². The molecular formula is C19H29BO2. The van der Waals surface area contributed by atoms with Crippen molar-refractivity contribution in [2.45, 2.75) is 64.7 Å². The number of hydrogen-bond donors (Lipinski definition) is 1. The third-order valence-electron chi connectivity index (χ3n) is 6.72. The molecule has 2 aliphatic carbocycles. The minimum Gasteiger partial charge on any atom is -0.394 e. The molecule has 1 heterocycles. The first-order valence-corrected chi connectivity index (χ1v) is 9.04. The van der Waals surface area contributed by atoms with Gasteiger partial charge in [-0.2, -0.15) is 0 Å². The van der Waals surface area contributed by atoms with Gasteiger partial charge in [-0.3, -0.25) is 4.79 Å². The Morgan fingerprint density at radius 1 is 1.27 bits per heavy atom. The van der Waals surface area contributed by atoms with Crippen molar-refractivity contribution in [1.82, 2.24) is 0 Å². The monoisotopic (exact) mass is 300 g/mol. The summed E-state index contributed by atoms with van der Waals surface area (Å²) in [7, 11) is 1.12. The Morgan fingerprint density at radius 3 is 2.82 bits per heavy atom. The van der Waals surface area contributed by atoms with Gasteiger partial charge in [0.25, 0.3) is 0 Å². The fourth-order valence-electron chi connectivity index (χ4n) is 5.21. The molecule has 22 heavy (non-hydrogen) atoms. The molecule has 0 spiro atoms. The maximum absolute atomic E-state index is 11.8. The van der Waals surface area contributed by atoms with Crippen molar-refractivity contribution in [3.05, 3.63) is 23.8 Å². The first kappa shape index (κ1) is 16.0. The van der Waals surface area contributed by atoms with Gasteiger partial charge in [0, 0.05) is 5.41 Å². The van der Waals surface area contributed by atoms with Crippen molar-refractivity contribution in [1.29, 1.82) is 0 Å². The average molecular weight is 300 g/mol. The Hall–Kier alpha value is -0.825. The van der Waals surface area contributed by atoms with E-state index in [0.717, 1.165) is 26.4 Å². The number of hydrogen-bond acceptors (Lipinski definition) is 2. The number of fused-ring (bicyclic) bond motifs is 3. The molecule has 0 radical (unpaired) electrons. The lowest BCUT2D eigenvalue weighted by molar-refractivity contribution is -0.111. The summed E-state index contributed by atoms with van der Waals surface area (Å²) >= 11 is 0. The highest BCUT2D eigenvalue weighted by Gasteiger charge is 2.49. The third kappa shape index (κ3) is 2.73. The van der Waals surface area contributed by atoms with Crippen molar-refractivity contribution in [3.8, 4) is 0 Å². The van der Waals surface area contributed by atoms with Gasteiger partial charge in [0.2, 0.25) is 0 Å². The van der Waals surface area contributed by atoms with E-state index in [1.165, 1.54) is 18.4 Å². The van der Waals surface area contributed by atoms with E-state index in [0.29, 0.717) is 17.7 Å². The number of allylic oxidation sites excluding steroid dienone is 4. The molecule has 3 aliphatic rings. The first-order valence-electron chi connectivity index (χ1n) is 9.04. The van der Waals surface area contributed by atoms with Crippen LogP contribution in [0.3, 0.4) is 0 Å². The number of ketones is 1. The zero-order valence-electron chi connectivity index (χ0n) is 14.2. The molecular weight excluding hydrogens is 271 g/mol. The molecule has 0 amide bonds. The molecule has 6 unspecified atom stereocenters. The predicted molar refractivity (Wildman–Crippen MR) is 92.3 cm³/mol. The molecule has 1 saturated carbocycles. The van der Waals surface area contributed by atoms with Crippen molar-refractivity contribution in [2.24, 2.45) is 23.2 Å². The Morgan fingerprint density at radius 2 is 2.05 bits per heavy atom. The molecule has 1 N–H and O–H groups in total. The first-order chi connectivity index (χ1) is 10.4. The van der Waals surface area contributed by atoms with Gasteiger partial charge in [0.1, 0.15) is 7.28 Å². The van der Waals surface area contributed by atoms with Crippen molar-refractivity contribution < 1.29 is 9.90 Å². The van der Waals surface area contributed by atoms with Crippen molar-refractivity contribution in [2.75, 3.05) is 0 Å². The highest BCUT2D eigenvalue weighted by atomic mass is 16.3. The number of aliphatic hydroxyl groups excluding tert-OH is 1. The third-order valence-corrected chi connectivity index (χ3v) is 6.72. The largest absolute Gasteiger partial charge is 0.394 e. The topological polar surface area (TPSA) is 37.3 Å². The molecule has 1 aliphatic heterocycles. The quantitative estimate of drug-likeness (QED) is 0.695. The van der Waals surface area contributed by atoms with E-state index >= 15 is 0 Å². The number of carbonyl (C=O) groups excluding carboxylic acids is 1. The Labute approximate surface area is 135 Å². The van der Waals surface area contributed by atoms with Gasteiger partial charge in [0.15, 0.2) is 5.78 Å². The molecule has 2 fully saturated rings. The lowest BCUT2D eigenvalue weighted by Gasteiger charge is -2.51. The van der Waals surface area contributed by atoms with E-state index < -0.39 is 0 Å². The van der Waals surface area contributed by atoms with Crippen LogP contribution in [0.4, 0.5) is 0 Å². The fraction of sp³-hybridized carbons (Fsp3) is 0.737. The van der Waals surface area contributed by atoms with Crippen LogP contribution in [-0.2, 0) is 4.79 Å². The summed E-state index contributed by atoms with van der Waals surface area (Å²) in [4.78, 5) is 11.8. The highest BCUT2D eigenvalue weighted by molar-refractivity contribution is 6.37. The van der Waals surface area contributed by atoms with Gasteiger partial charge in [0.05, 0.1) is 6.10 Å². The van der Waals surface area contributed by atoms with E-state index in [1.54, 1.807) is 6.08 Å². The summed E-state index contributed by atoms with van der Waals surface area (Å²) in [5.41, 5.74) is 1.12. The van der Waals surface area contributed by atoms with Gasteiger partial charge >= 0.3 is 0 Å². The molecule has 0 aromatic heterocycles. The second-order valence-electron chi connectivity index (χ2n) is 8.22. The van der Waals surface area contributed by atoms with Gasteiger partial charge in [-0.05, 0) is 42.7 Å². The summed E-state index contributed by atoms with van der Waals surface area (Å²) in [6, 6.07) is 0. The smallest absolute Gasteiger partial charge is 0.178 e. The van der Waals surface area contributed by atoms with Crippen LogP contribution in [0, 0.1) is 23.2 Å². The molecule has 3 heteroatoms. The number of rotatable bonds is 0. The number of carbonyl (C=O) groups is 1. The Bertz CT molecular complexity index is 510. The summed E-state index contributed by atoms with van der Waals surface area (Å²) in [5.74, 6) is 2.32. The van der Waals surface area contributed by atoms with Gasteiger partial charge in [-0.25, -0.2) is 0 Å². The van der Waals surface area contributed by atoms with Crippen LogP contribution in [0.1, 0.15) is 46.5 Å². The normalized spacial score (nSPS) is 45.5. The molecule has 1 saturated heterocycles. The molecule has 120 valence electrons. The van der Waals surface area contributed by atoms with Crippen LogP contribution in [-0.4, -0.2) is 24.3 Å². The number of aliphatic hydroxyl groups is 1.